The van der Waals surface area contributed by atoms with E-state index in [4.69, 9.17) is 11.6 Å². The maximum Gasteiger partial charge on any atom is 0.238 e. The largest absolute Gasteiger partial charge is 0.326 e. The van der Waals surface area contributed by atoms with Crippen molar-refractivity contribution in [2.24, 2.45) is 0 Å². The van der Waals surface area contributed by atoms with Crippen LogP contribution in [-0.4, -0.2) is 36.3 Å². The molecule has 5 nitrogen and oxygen atoms in total. The number of anilines is 2. The van der Waals surface area contributed by atoms with E-state index in [0.29, 0.717) is 17.9 Å². The van der Waals surface area contributed by atoms with Crippen molar-refractivity contribution in [3.63, 3.8) is 0 Å². The summed E-state index contributed by atoms with van der Waals surface area (Å²) in [6.07, 6.45) is 0.798. The summed E-state index contributed by atoms with van der Waals surface area (Å²) in [6, 6.07) is 14.8. The third-order valence-electron chi connectivity index (χ3n) is 3.96. The Morgan fingerprint density at radius 3 is 2.19 bits per heavy atom. The van der Waals surface area contributed by atoms with E-state index in [0.717, 1.165) is 30.1 Å². The molecule has 0 atom stereocenters. The first kappa shape index (κ1) is 19.9. The van der Waals surface area contributed by atoms with Crippen LogP contribution in [-0.2, 0) is 16.0 Å². The first-order valence-corrected chi connectivity index (χ1v) is 8.99. The van der Waals surface area contributed by atoms with Gasteiger partial charge in [0.15, 0.2) is 0 Å². The minimum atomic E-state index is -0.126. The summed E-state index contributed by atoms with van der Waals surface area (Å²) < 4.78 is 0. The standard InChI is InChI=1S/C20H24ClN3O2/c1-3-24(13-12-16-6-4-5-7-19(16)21)14-20(26)23-18-10-8-17(9-11-18)22-15(2)25/h4-11H,3,12-14H2,1-2H3,(H,22,25)(H,23,26). The molecule has 6 heteroatoms. The van der Waals surface area contributed by atoms with E-state index in [1.807, 2.05) is 31.2 Å². The van der Waals surface area contributed by atoms with Crippen LogP contribution in [0.25, 0.3) is 0 Å². The van der Waals surface area contributed by atoms with Gasteiger partial charge in [0.05, 0.1) is 6.54 Å². The molecular weight excluding hydrogens is 350 g/mol. The van der Waals surface area contributed by atoms with Gasteiger partial charge in [0.2, 0.25) is 11.8 Å². The average Bonchev–Trinajstić information content (AvgIpc) is 2.61. The first-order valence-electron chi connectivity index (χ1n) is 8.61. The lowest BCUT2D eigenvalue weighted by atomic mass is 10.1. The molecule has 0 heterocycles. The van der Waals surface area contributed by atoms with Crippen molar-refractivity contribution in [2.45, 2.75) is 20.3 Å². The predicted octanol–water partition coefficient (Wildman–Crippen LogP) is 3.80. The molecule has 2 N–H and O–H groups in total. The van der Waals surface area contributed by atoms with Crippen molar-refractivity contribution >= 4 is 34.8 Å². The highest BCUT2D eigenvalue weighted by Crippen LogP contribution is 2.16. The summed E-state index contributed by atoms with van der Waals surface area (Å²) in [4.78, 5) is 25.4. The van der Waals surface area contributed by atoms with Crippen molar-refractivity contribution in [1.29, 1.82) is 0 Å². The number of nitrogens with one attached hydrogen (secondary N) is 2. The molecule has 2 rings (SSSR count). The van der Waals surface area contributed by atoms with Crippen LogP contribution in [0.5, 0.6) is 0 Å². The summed E-state index contributed by atoms with van der Waals surface area (Å²) in [5, 5.41) is 6.33. The van der Waals surface area contributed by atoms with Gasteiger partial charge in [0.25, 0.3) is 0 Å². The zero-order chi connectivity index (χ0) is 18.9. The lowest BCUT2D eigenvalue weighted by Gasteiger charge is -2.20. The summed E-state index contributed by atoms with van der Waals surface area (Å²) >= 11 is 6.18. The van der Waals surface area contributed by atoms with E-state index >= 15 is 0 Å². The molecule has 0 bridgehead atoms. The van der Waals surface area contributed by atoms with Gasteiger partial charge in [-0.05, 0) is 48.9 Å². The zero-order valence-electron chi connectivity index (χ0n) is 15.1. The second kappa shape index (κ2) is 9.94. The number of halogens is 1. The van der Waals surface area contributed by atoms with Crippen molar-refractivity contribution in [3.05, 3.63) is 59.1 Å². The van der Waals surface area contributed by atoms with Gasteiger partial charge >= 0.3 is 0 Å². The monoisotopic (exact) mass is 373 g/mol. The Labute approximate surface area is 159 Å². The zero-order valence-corrected chi connectivity index (χ0v) is 15.8. The molecular formula is C20H24ClN3O2. The molecule has 0 spiro atoms. The van der Waals surface area contributed by atoms with Crippen LogP contribution in [0.15, 0.2) is 48.5 Å². The normalized spacial score (nSPS) is 10.6. The van der Waals surface area contributed by atoms with Crippen LogP contribution >= 0.6 is 11.6 Å². The number of hydrogen-bond acceptors (Lipinski definition) is 3. The van der Waals surface area contributed by atoms with Gasteiger partial charge in [-0.2, -0.15) is 0 Å². The fourth-order valence-electron chi connectivity index (χ4n) is 2.57. The number of carbonyl (C=O) groups excluding carboxylic acids is 2. The highest BCUT2D eigenvalue weighted by molar-refractivity contribution is 6.31. The number of nitrogens with zero attached hydrogens (tertiary/aromatic N) is 1. The molecule has 0 radical (unpaired) electrons. The van der Waals surface area contributed by atoms with E-state index in [-0.39, 0.29) is 11.8 Å². The minimum absolute atomic E-state index is 0.0710. The van der Waals surface area contributed by atoms with Crippen LogP contribution < -0.4 is 10.6 Å². The number of likely N-dealkylation sites (N-methyl/N-ethyl adjacent to an activating group) is 1. The van der Waals surface area contributed by atoms with Crippen molar-refractivity contribution in [1.82, 2.24) is 4.90 Å². The molecule has 2 aromatic carbocycles. The Hall–Kier alpha value is -2.37. The number of amides is 2. The lowest BCUT2D eigenvalue weighted by Crippen LogP contribution is -2.34. The van der Waals surface area contributed by atoms with Crippen LogP contribution in [0.1, 0.15) is 19.4 Å². The molecule has 2 aromatic rings. The first-order chi connectivity index (χ1) is 12.5. The summed E-state index contributed by atoms with van der Waals surface area (Å²) in [5.74, 6) is -0.197. The molecule has 0 aliphatic rings. The second-order valence-electron chi connectivity index (χ2n) is 6.02. The van der Waals surface area contributed by atoms with Crippen LogP contribution in [0.4, 0.5) is 11.4 Å². The van der Waals surface area contributed by atoms with Gasteiger partial charge in [0.1, 0.15) is 0 Å². The van der Waals surface area contributed by atoms with Crippen LogP contribution in [0.2, 0.25) is 5.02 Å². The Kier molecular flexibility index (Phi) is 7.63. The molecule has 138 valence electrons. The minimum Gasteiger partial charge on any atom is -0.326 e. The smallest absolute Gasteiger partial charge is 0.238 e. The fraction of sp³-hybridized carbons (Fsp3) is 0.300. The van der Waals surface area contributed by atoms with E-state index in [1.54, 1.807) is 24.3 Å². The van der Waals surface area contributed by atoms with Crippen LogP contribution in [0.3, 0.4) is 0 Å². The van der Waals surface area contributed by atoms with Gasteiger partial charge in [0, 0.05) is 29.9 Å². The Bertz CT molecular complexity index is 747. The van der Waals surface area contributed by atoms with E-state index in [2.05, 4.69) is 15.5 Å². The van der Waals surface area contributed by atoms with Crippen LogP contribution in [0, 0.1) is 0 Å². The molecule has 0 aliphatic carbocycles. The van der Waals surface area contributed by atoms with Gasteiger partial charge in [-0.3, -0.25) is 14.5 Å². The topological polar surface area (TPSA) is 61.4 Å². The molecule has 26 heavy (non-hydrogen) atoms. The maximum absolute atomic E-state index is 12.3. The average molecular weight is 374 g/mol. The van der Waals surface area contributed by atoms with E-state index in [9.17, 15) is 9.59 Å². The predicted molar refractivity (Wildman–Crippen MR) is 107 cm³/mol. The summed E-state index contributed by atoms with van der Waals surface area (Å²) in [5.41, 5.74) is 2.48. The van der Waals surface area contributed by atoms with E-state index in [1.165, 1.54) is 6.92 Å². The quantitative estimate of drug-likeness (QED) is 0.739. The molecule has 0 unspecified atom stereocenters. The van der Waals surface area contributed by atoms with Gasteiger partial charge in [-0.1, -0.05) is 36.7 Å². The number of benzene rings is 2. The van der Waals surface area contributed by atoms with E-state index < -0.39 is 0 Å². The molecule has 0 saturated carbocycles. The van der Waals surface area contributed by atoms with Gasteiger partial charge < -0.3 is 10.6 Å². The summed E-state index contributed by atoms with van der Waals surface area (Å²) in [7, 11) is 0. The maximum atomic E-state index is 12.3. The fourth-order valence-corrected chi connectivity index (χ4v) is 2.80. The Morgan fingerprint density at radius 1 is 1.00 bits per heavy atom. The third-order valence-corrected chi connectivity index (χ3v) is 4.33. The van der Waals surface area contributed by atoms with Gasteiger partial charge in [-0.25, -0.2) is 0 Å². The molecule has 0 fully saturated rings. The second-order valence-corrected chi connectivity index (χ2v) is 6.42. The molecule has 0 aliphatic heterocycles. The molecule has 2 amide bonds. The van der Waals surface area contributed by atoms with Crippen molar-refractivity contribution in [2.75, 3.05) is 30.3 Å². The van der Waals surface area contributed by atoms with Crippen molar-refractivity contribution < 1.29 is 9.59 Å². The highest BCUT2D eigenvalue weighted by Gasteiger charge is 2.10. The Balaban J connectivity index is 1.84. The third kappa shape index (κ3) is 6.50. The lowest BCUT2D eigenvalue weighted by molar-refractivity contribution is -0.117. The summed E-state index contributed by atoms with van der Waals surface area (Å²) in [6.45, 7) is 5.34. The highest BCUT2D eigenvalue weighted by atomic mass is 35.5. The Morgan fingerprint density at radius 2 is 1.62 bits per heavy atom. The number of rotatable bonds is 8. The SMILES string of the molecule is CCN(CCc1ccccc1Cl)CC(=O)Nc1ccc(NC(C)=O)cc1. The van der Waals surface area contributed by atoms with Gasteiger partial charge in [-0.15, -0.1) is 0 Å². The number of carbonyl (C=O) groups is 2. The molecule has 0 aromatic heterocycles. The number of hydrogen-bond donors (Lipinski definition) is 2. The molecule has 0 saturated heterocycles. The van der Waals surface area contributed by atoms with Crippen molar-refractivity contribution in [3.8, 4) is 0 Å².